The third-order valence-electron chi connectivity index (χ3n) is 4.11. The lowest BCUT2D eigenvalue weighted by atomic mass is 10.0. The fraction of sp³-hybridized carbons (Fsp3) is 1.00. The maximum atomic E-state index is 10.2. The van der Waals surface area contributed by atoms with Crippen LogP contribution in [0.3, 0.4) is 0 Å². The van der Waals surface area contributed by atoms with Gasteiger partial charge in [-0.15, -0.1) is 0 Å². The molecule has 2 aliphatic carbocycles. The van der Waals surface area contributed by atoms with Gasteiger partial charge < -0.3 is 10.4 Å². The van der Waals surface area contributed by atoms with Crippen LogP contribution >= 0.6 is 0 Å². The van der Waals surface area contributed by atoms with E-state index in [2.05, 4.69) is 5.32 Å². The van der Waals surface area contributed by atoms with Crippen molar-refractivity contribution in [2.75, 3.05) is 6.54 Å². The van der Waals surface area contributed by atoms with Crippen molar-refractivity contribution in [3.8, 4) is 0 Å². The zero-order valence-corrected chi connectivity index (χ0v) is 9.80. The smallest absolute Gasteiger partial charge is 0.0771 e. The summed E-state index contributed by atoms with van der Waals surface area (Å²) in [7, 11) is 0. The first-order valence-electron chi connectivity index (χ1n) is 6.74. The SMILES string of the molecule is OC1(CNC2CCCCCC2)CCCC1. The molecule has 0 heterocycles. The second kappa shape index (κ2) is 5.31. The number of nitrogens with one attached hydrogen (secondary N) is 1. The Morgan fingerprint density at radius 1 is 0.933 bits per heavy atom. The molecule has 0 spiro atoms. The van der Waals surface area contributed by atoms with E-state index in [9.17, 15) is 5.11 Å². The van der Waals surface area contributed by atoms with Crippen molar-refractivity contribution in [2.45, 2.75) is 75.9 Å². The van der Waals surface area contributed by atoms with Gasteiger partial charge in [0.1, 0.15) is 0 Å². The first kappa shape index (κ1) is 11.4. The standard InChI is InChI=1S/C13H25NO/c15-13(9-5-6-10-13)11-14-12-7-3-1-2-4-8-12/h12,14-15H,1-11H2. The van der Waals surface area contributed by atoms with E-state index in [1.54, 1.807) is 0 Å². The fourth-order valence-corrected chi connectivity index (χ4v) is 3.03. The molecule has 88 valence electrons. The zero-order chi connectivity index (χ0) is 10.6. The van der Waals surface area contributed by atoms with Crippen LogP contribution in [-0.2, 0) is 0 Å². The highest BCUT2D eigenvalue weighted by atomic mass is 16.3. The van der Waals surface area contributed by atoms with Gasteiger partial charge in [0.2, 0.25) is 0 Å². The van der Waals surface area contributed by atoms with Gasteiger partial charge >= 0.3 is 0 Å². The molecule has 2 nitrogen and oxygen atoms in total. The van der Waals surface area contributed by atoms with Crippen LogP contribution in [0.15, 0.2) is 0 Å². The van der Waals surface area contributed by atoms with Gasteiger partial charge in [0.15, 0.2) is 0 Å². The Bertz CT molecular complexity index is 179. The number of rotatable bonds is 3. The van der Waals surface area contributed by atoms with Gasteiger partial charge in [-0.2, -0.15) is 0 Å². The van der Waals surface area contributed by atoms with Crippen LogP contribution in [0.1, 0.15) is 64.2 Å². The summed E-state index contributed by atoms with van der Waals surface area (Å²) in [5.41, 5.74) is -0.369. The summed E-state index contributed by atoms with van der Waals surface area (Å²) >= 11 is 0. The second-order valence-corrected chi connectivity index (χ2v) is 5.50. The van der Waals surface area contributed by atoms with E-state index in [1.165, 1.54) is 51.4 Å². The topological polar surface area (TPSA) is 32.3 Å². The Hall–Kier alpha value is -0.0800. The van der Waals surface area contributed by atoms with Gasteiger partial charge in [-0.1, -0.05) is 38.5 Å². The molecule has 0 amide bonds. The highest BCUT2D eigenvalue weighted by molar-refractivity contribution is 4.87. The van der Waals surface area contributed by atoms with Crippen LogP contribution < -0.4 is 5.32 Å². The van der Waals surface area contributed by atoms with Crippen LogP contribution in [0.2, 0.25) is 0 Å². The summed E-state index contributed by atoms with van der Waals surface area (Å²) in [6, 6.07) is 0.678. The molecule has 0 atom stereocenters. The molecule has 2 aliphatic rings. The van der Waals surface area contributed by atoms with Crippen LogP contribution in [0.4, 0.5) is 0 Å². The summed E-state index contributed by atoms with van der Waals surface area (Å²) in [5, 5.41) is 13.8. The molecule has 2 fully saturated rings. The molecule has 0 saturated heterocycles. The van der Waals surface area contributed by atoms with Gasteiger partial charge in [0, 0.05) is 12.6 Å². The molecule has 2 saturated carbocycles. The predicted molar refractivity (Wildman–Crippen MR) is 62.9 cm³/mol. The highest BCUT2D eigenvalue weighted by Crippen LogP contribution is 2.29. The Morgan fingerprint density at radius 2 is 1.53 bits per heavy atom. The minimum absolute atomic E-state index is 0.369. The first-order valence-corrected chi connectivity index (χ1v) is 6.74. The van der Waals surface area contributed by atoms with E-state index in [1.807, 2.05) is 0 Å². The molecule has 2 rings (SSSR count). The van der Waals surface area contributed by atoms with E-state index in [4.69, 9.17) is 0 Å². The average Bonchev–Trinajstić information content (AvgIpc) is 2.53. The van der Waals surface area contributed by atoms with Crippen molar-refractivity contribution in [1.29, 1.82) is 0 Å². The highest BCUT2D eigenvalue weighted by Gasteiger charge is 2.31. The van der Waals surface area contributed by atoms with E-state index in [-0.39, 0.29) is 5.60 Å². The number of aliphatic hydroxyl groups is 1. The summed E-state index contributed by atoms with van der Waals surface area (Å²) in [6.45, 7) is 0.831. The van der Waals surface area contributed by atoms with E-state index in [0.29, 0.717) is 6.04 Å². The lowest BCUT2D eigenvalue weighted by molar-refractivity contribution is 0.0443. The molecule has 2 heteroatoms. The number of hydrogen-bond donors (Lipinski definition) is 2. The second-order valence-electron chi connectivity index (χ2n) is 5.50. The lowest BCUT2D eigenvalue weighted by Crippen LogP contribution is -2.42. The van der Waals surface area contributed by atoms with Crippen molar-refractivity contribution in [2.24, 2.45) is 0 Å². The van der Waals surface area contributed by atoms with Crippen molar-refractivity contribution in [3.63, 3.8) is 0 Å². The lowest BCUT2D eigenvalue weighted by Gasteiger charge is -2.26. The molecule has 0 bridgehead atoms. The maximum Gasteiger partial charge on any atom is 0.0771 e. The van der Waals surface area contributed by atoms with Gasteiger partial charge in [0.25, 0.3) is 0 Å². The Labute approximate surface area is 93.5 Å². The third kappa shape index (κ3) is 3.46. The van der Waals surface area contributed by atoms with Crippen LogP contribution in [0.5, 0.6) is 0 Å². The molecule has 0 radical (unpaired) electrons. The largest absolute Gasteiger partial charge is 0.389 e. The summed E-state index contributed by atoms with van der Waals surface area (Å²) < 4.78 is 0. The normalized spacial score (nSPS) is 27.8. The predicted octanol–water partition coefficient (Wildman–Crippen LogP) is 2.60. The molecule has 0 aliphatic heterocycles. The number of hydrogen-bond acceptors (Lipinski definition) is 2. The van der Waals surface area contributed by atoms with Gasteiger partial charge in [-0.25, -0.2) is 0 Å². The van der Waals surface area contributed by atoms with Gasteiger partial charge in [-0.05, 0) is 25.7 Å². The molecule has 0 aromatic heterocycles. The molecule has 0 aromatic rings. The maximum absolute atomic E-state index is 10.2. The summed E-state index contributed by atoms with van der Waals surface area (Å²) in [6.07, 6.45) is 12.6. The van der Waals surface area contributed by atoms with Crippen LogP contribution in [-0.4, -0.2) is 23.3 Å². The quantitative estimate of drug-likeness (QED) is 0.703. The molecule has 2 N–H and O–H groups in total. The van der Waals surface area contributed by atoms with Crippen molar-refractivity contribution < 1.29 is 5.11 Å². The molecular weight excluding hydrogens is 186 g/mol. The fourth-order valence-electron chi connectivity index (χ4n) is 3.03. The van der Waals surface area contributed by atoms with E-state index < -0.39 is 0 Å². The van der Waals surface area contributed by atoms with E-state index in [0.717, 1.165) is 19.4 Å². The van der Waals surface area contributed by atoms with Crippen molar-refractivity contribution in [1.82, 2.24) is 5.32 Å². The molecule has 15 heavy (non-hydrogen) atoms. The zero-order valence-electron chi connectivity index (χ0n) is 9.80. The van der Waals surface area contributed by atoms with Crippen LogP contribution in [0.25, 0.3) is 0 Å². The summed E-state index contributed by atoms with van der Waals surface area (Å²) in [5.74, 6) is 0. The van der Waals surface area contributed by atoms with Crippen molar-refractivity contribution in [3.05, 3.63) is 0 Å². The minimum atomic E-state index is -0.369. The molecule has 0 aromatic carbocycles. The first-order chi connectivity index (χ1) is 7.29. The van der Waals surface area contributed by atoms with Crippen molar-refractivity contribution >= 4 is 0 Å². The minimum Gasteiger partial charge on any atom is -0.389 e. The third-order valence-corrected chi connectivity index (χ3v) is 4.11. The van der Waals surface area contributed by atoms with Crippen LogP contribution in [0, 0.1) is 0 Å². The monoisotopic (exact) mass is 211 g/mol. The molecule has 0 unspecified atom stereocenters. The van der Waals surface area contributed by atoms with Gasteiger partial charge in [0.05, 0.1) is 5.60 Å². The summed E-state index contributed by atoms with van der Waals surface area (Å²) in [4.78, 5) is 0. The Balaban J connectivity index is 1.71. The Kier molecular flexibility index (Phi) is 4.04. The average molecular weight is 211 g/mol. The van der Waals surface area contributed by atoms with E-state index >= 15 is 0 Å². The van der Waals surface area contributed by atoms with Gasteiger partial charge in [-0.3, -0.25) is 0 Å². The Morgan fingerprint density at radius 3 is 2.13 bits per heavy atom. The molecular formula is C13H25NO.